The fourth-order valence-electron chi connectivity index (χ4n) is 2.08. The molecule has 0 aliphatic rings. The smallest absolute Gasteiger partial charge is 0.235 e. The third-order valence-electron chi connectivity index (χ3n) is 3.02. The van der Waals surface area contributed by atoms with Crippen molar-refractivity contribution in [3.05, 3.63) is 46.8 Å². The summed E-state index contributed by atoms with van der Waals surface area (Å²) in [5, 5.41) is 14.5. The predicted octanol–water partition coefficient (Wildman–Crippen LogP) is 2.38. The third-order valence-corrected chi connectivity index (χ3v) is 3.02. The number of nitrogens with zero attached hydrogens (tertiary/aromatic N) is 2. The molecule has 0 bridgehead atoms. The molecule has 96 valence electrons. The van der Waals surface area contributed by atoms with Gasteiger partial charge in [-0.25, -0.2) is 0 Å². The third kappa shape index (κ3) is 1.71. The van der Waals surface area contributed by atoms with Crippen molar-refractivity contribution in [2.24, 2.45) is 0 Å². The lowest BCUT2D eigenvalue weighted by atomic mass is 10.2. The van der Waals surface area contributed by atoms with Crippen LogP contribution in [-0.4, -0.2) is 14.9 Å². The fraction of sp³-hybridized carbons (Fsp3) is 0.143. The van der Waals surface area contributed by atoms with Gasteiger partial charge in [-0.2, -0.15) is 5.10 Å². The quantitative estimate of drug-likeness (QED) is 0.764. The number of hydrogen-bond acceptors (Lipinski definition) is 4. The number of para-hydroxylation sites is 1. The molecular formula is C14H12N2O3. The minimum absolute atomic E-state index is 0.156. The lowest BCUT2D eigenvalue weighted by molar-refractivity contribution is 0.446. The molecule has 5 nitrogen and oxygen atoms in total. The SMILES string of the molecule is CCn1nccc1-c1oc2ccccc2c(=O)c1O. The van der Waals surface area contributed by atoms with Crippen molar-refractivity contribution in [2.45, 2.75) is 13.5 Å². The maximum atomic E-state index is 12.1. The summed E-state index contributed by atoms with van der Waals surface area (Å²) in [4.78, 5) is 12.1. The van der Waals surface area contributed by atoms with Crippen LogP contribution in [0, 0.1) is 0 Å². The maximum absolute atomic E-state index is 12.1. The first-order chi connectivity index (χ1) is 9.22. The van der Waals surface area contributed by atoms with Crippen molar-refractivity contribution in [3.8, 4) is 17.2 Å². The summed E-state index contributed by atoms with van der Waals surface area (Å²) >= 11 is 0. The molecule has 3 aromatic rings. The van der Waals surface area contributed by atoms with Crippen LogP contribution >= 0.6 is 0 Å². The zero-order chi connectivity index (χ0) is 13.4. The molecule has 0 amide bonds. The van der Waals surface area contributed by atoms with Crippen LogP contribution in [0.3, 0.4) is 0 Å². The van der Waals surface area contributed by atoms with Gasteiger partial charge < -0.3 is 9.52 Å². The highest BCUT2D eigenvalue weighted by atomic mass is 16.4. The summed E-state index contributed by atoms with van der Waals surface area (Å²) < 4.78 is 7.31. The first kappa shape index (κ1) is 11.5. The molecule has 0 atom stereocenters. The molecule has 0 saturated heterocycles. The molecule has 0 radical (unpaired) electrons. The Morgan fingerprint density at radius 3 is 2.89 bits per heavy atom. The van der Waals surface area contributed by atoms with Crippen LogP contribution in [0.15, 0.2) is 45.7 Å². The van der Waals surface area contributed by atoms with Gasteiger partial charge in [0, 0.05) is 12.7 Å². The highest BCUT2D eigenvalue weighted by molar-refractivity contribution is 5.81. The average Bonchev–Trinajstić information content (AvgIpc) is 2.91. The minimum Gasteiger partial charge on any atom is -0.501 e. The highest BCUT2D eigenvalue weighted by Gasteiger charge is 2.17. The second-order valence-corrected chi connectivity index (χ2v) is 4.14. The Labute approximate surface area is 108 Å². The minimum atomic E-state index is -0.430. The number of rotatable bonds is 2. The van der Waals surface area contributed by atoms with E-state index in [0.29, 0.717) is 23.2 Å². The summed E-state index contributed by atoms with van der Waals surface area (Å²) in [5.41, 5.74) is 0.604. The topological polar surface area (TPSA) is 68.3 Å². The van der Waals surface area contributed by atoms with Crippen molar-refractivity contribution in [3.63, 3.8) is 0 Å². The Balaban J connectivity index is 2.37. The van der Waals surface area contributed by atoms with Crippen molar-refractivity contribution in [1.82, 2.24) is 9.78 Å². The van der Waals surface area contributed by atoms with Gasteiger partial charge in [0.15, 0.2) is 5.76 Å². The molecule has 0 unspecified atom stereocenters. The monoisotopic (exact) mass is 256 g/mol. The molecule has 2 heterocycles. The van der Waals surface area contributed by atoms with Gasteiger partial charge in [0.25, 0.3) is 0 Å². The van der Waals surface area contributed by atoms with E-state index in [4.69, 9.17) is 4.42 Å². The summed E-state index contributed by atoms with van der Waals surface area (Å²) in [6.07, 6.45) is 1.60. The predicted molar refractivity (Wildman–Crippen MR) is 71.0 cm³/mol. The van der Waals surface area contributed by atoms with Crippen molar-refractivity contribution < 1.29 is 9.52 Å². The number of aryl methyl sites for hydroxylation is 1. The Bertz CT molecular complexity index is 802. The first-order valence-corrected chi connectivity index (χ1v) is 5.99. The van der Waals surface area contributed by atoms with Gasteiger partial charge in [0.2, 0.25) is 11.2 Å². The van der Waals surface area contributed by atoms with Gasteiger partial charge in [0.05, 0.1) is 5.39 Å². The van der Waals surface area contributed by atoms with E-state index < -0.39 is 5.43 Å². The van der Waals surface area contributed by atoms with Crippen LogP contribution < -0.4 is 5.43 Å². The van der Waals surface area contributed by atoms with Gasteiger partial charge in [-0.3, -0.25) is 9.48 Å². The second-order valence-electron chi connectivity index (χ2n) is 4.14. The summed E-state index contributed by atoms with van der Waals surface area (Å²) in [6, 6.07) is 8.54. The van der Waals surface area contributed by atoms with E-state index in [9.17, 15) is 9.90 Å². The molecule has 0 fully saturated rings. The van der Waals surface area contributed by atoms with E-state index in [1.807, 2.05) is 6.92 Å². The molecule has 19 heavy (non-hydrogen) atoms. The van der Waals surface area contributed by atoms with Crippen LogP contribution in [0.4, 0.5) is 0 Å². The summed E-state index contributed by atoms with van der Waals surface area (Å²) in [6.45, 7) is 2.55. The molecular weight excluding hydrogens is 244 g/mol. The Hall–Kier alpha value is -2.56. The first-order valence-electron chi connectivity index (χ1n) is 5.99. The summed E-state index contributed by atoms with van der Waals surface area (Å²) in [5.74, 6) is -0.225. The van der Waals surface area contributed by atoms with Crippen LogP contribution in [0.25, 0.3) is 22.4 Å². The van der Waals surface area contributed by atoms with E-state index in [2.05, 4.69) is 5.10 Å². The number of fused-ring (bicyclic) bond motifs is 1. The van der Waals surface area contributed by atoms with Crippen LogP contribution in [-0.2, 0) is 6.54 Å². The second kappa shape index (κ2) is 4.28. The van der Waals surface area contributed by atoms with Gasteiger partial charge in [-0.1, -0.05) is 12.1 Å². The molecule has 0 aliphatic heterocycles. The van der Waals surface area contributed by atoms with Crippen molar-refractivity contribution in [1.29, 1.82) is 0 Å². The van der Waals surface area contributed by atoms with Crippen molar-refractivity contribution >= 4 is 11.0 Å². The Morgan fingerprint density at radius 1 is 1.32 bits per heavy atom. The largest absolute Gasteiger partial charge is 0.501 e. The van der Waals surface area contributed by atoms with Gasteiger partial charge in [-0.15, -0.1) is 0 Å². The number of aromatic nitrogens is 2. The zero-order valence-corrected chi connectivity index (χ0v) is 10.3. The van der Waals surface area contributed by atoms with E-state index in [1.54, 1.807) is 41.2 Å². The normalized spacial score (nSPS) is 11.0. The van der Waals surface area contributed by atoms with E-state index in [0.717, 1.165) is 0 Å². The number of benzene rings is 1. The van der Waals surface area contributed by atoms with Crippen LogP contribution in [0.5, 0.6) is 5.75 Å². The average molecular weight is 256 g/mol. The van der Waals surface area contributed by atoms with E-state index in [1.165, 1.54) is 0 Å². The summed E-state index contributed by atoms with van der Waals surface area (Å²) in [7, 11) is 0. The van der Waals surface area contributed by atoms with E-state index in [-0.39, 0.29) is 11.5 Å². The molecule has 1 N–H and O–H groups in total. The van der Waals surface area contributed by atoms with Gasteiger partial charge in [-0.05, 0) is 25.1 Å². The standard InChI is InChI=1S/C14H12N2O3/c1-2-16-10(7-8-15-16)14-13(18)12(17)9-5-3-4-6-11(9)19-14/h3-8,18H,2H2,1H3. The van der Waals surface area contributed by atoms with Gasteiger partial charge in [0.1, 0.15) is 11.3 Å². The number of aromatic hydroxyl groups is 1. The number of hydrogen-bond donors (Lipinski definition) is 1. The maximum Gasteiger partial charge on any atom is 0.235 e. The lowest BCUT2D eigenvalue weighted by Crippen LogP contribution is -2.05. The molecule has 3 rings (SSSR count). The molecule has 5 heteroatoms. The highest BCUT2D eigenvalue weighted by Crippen LogP contribution is 2.29. The molecule has 0 aliphatic carbocycles. The lowest BCUT2D eigenvalue weighted by Gasteiger charge is -2.07. The van der Waals surface area contributed by atoms with Crippen LogP contribution in [0.1, 0.15) is 6.92 Å². The van der Waals surface area contributed by atoms with Crippen LogP contribution in [0.2, 0.25) is 0 Å². The molecule has 1 aromatic carbocycles. The molecule has 2 aromatic heterocycles. The zero-order valence-electron chi connectivity index (χ0n) is 10.3. The molecule has 0 spiro atoms. The molecule has 0 saturated carbocycles. The van der Waals surface area contributed by atoms with Gasteiger partial charge >= 0.3 is 0 Å². The Morgan fingerprint density at radius 2 is 2.11 bits per heavy atom. The fourth-order valence-corrected chi connectivity index (χ4v) is 2.08. The van der Waals surface area contributed by atoms with Crippen molar-refractivity contribution in [2.75, 3.05) is 0 Å². The van der Waals surface area contributed by atoms with E-state index >= 15 is 0 Å². The Kier molecular flexibility index (Phi) is 2.59.